The Morgan fingerprint density at radius 2 is 2.09 bits per heavy atom. The van der Waals surface area contributed by atoms with Crippen molar-refractivity contribution >= 4 is 16.9 Å². The Hall–Kier alpha value is -3.43. The summed E-state index contributed by atoms with van der Waals surface area (Å²) >= 11 is 0. The third-order valence-corrected chi connectivity index (χ3v) is 6.43. The fraction of sp³-hybridized carbons (Fsp3) is 0.346. The van der Waals surface area contributed by atoms with Gasteiger partial charge in [-0.1, -0.05) is 38.2 Å². The molecule has 0 saturated heterocycles. The lowest BCUT2D eigenvalue weighted by molar-refractivity contribution is -0.172. The van der Waals surface area contributed by atoms with Gasteiger partial charge in [-0.05, 0) is 37.1 Å². The molecule has 2 aliphatic rings. The number of cyclic esters (lactones) is 1. The molecule has 0 spiro atoms. The maximum atomic E-state index is 13.3. The number of aromatic nitrogens is 2. The van der Waals surface area contributed by atoms with Crippen LogP contribution in [0.4, 0.5) is 0 Å². The Morgan fingerprint density at radius 1 is 1.25 bits per heavy atom. The summed E-state index contributed by atoms with van der Waals surface area (Å²) in [6, 6.07) is 9.66. The first-order valence-corrected chi connectivity index (χ1v) is 11.1. The highest BCUT2D eigenvalue weighted by Crippen LogP contribution is 2.38. The van der Waals surface area contributed by atoms with Crippen LogP contribution in [0.5, 0.6) is 0 Å². The second-order valence-electron chi connectivity index (χ2n) is 8.38. The first-order chi connectivity index (χ1) is 15.5. The maximum absolute atomic E-state index is 13.3. The van der Waals surface area contributed by atoms with Crippen LogP contribution in [0, 0.1) is 11.8 Å². The molecule has 0 aliphatic carbocycles. The highest BCUT2D eigenvalue weighted by Gasteiger charge is 2.45. The molecule has 5 rings (SSSR count). The first kappa shape index (κ1) is 20.5. The van der Waals surface area contributed by atoms with Gasteiger partial charge < -0.3 is 14.4 Å². The zero-order valence-electron chi connectivity index (χ0n) is 18.2. The quantitative estimate of drug-likeness (QED) is 0.306. The van der Waals surface area contributed by atoms with E-state index in [9.17, 15) is 14.7 Å². The van der Waals surface area contributed by atoms with Gasteiger partial charge in [0.2, 0.25) is 0 Å². The summed E-state index contributed by atoms with van der Waals surface area (Å²) < 4.78 is 6.78. The van der Waals surface area contributed by atoms with Crippen LogP contribution in [0.2, 0.25) is 0 Å². The predicted octanol–water partition coefficient (Wildman–Crippen LogP) is 3.62. The summed E-state index contributed by atoms with van der Waals surface area (Å²) in [6.45, 7) is 4.10. The van der Waals surface area contributed by atoms with E-state index < -0.39 is 11.6 Å². The third kappa shape index (κ3) is 2.96. The molecule has 0 amide bonds. The van der Waals surface area contributed by atoms with E-state index in [0.29, 0.717) is 29.1 Å². The number of pyridine rings is 2. The van der Waals surface area contributed by atoms with Crippen molar-refractivity contribution in [2.75, 3.05) is 0 Å². The van der Waals surface area contributed by atoms with E-state index in [2.05, 4.69) is 24.8 Å². The minimum atomic E-state index is -1.82. The lowest BCUT2D eigenvalue weighted by Gasteiger charge is -2.31. The average Bonchev–Trinajstić information content (AvgIpc) is 3.16. The van der Waals surface area contributed by atoms with Crippen LogP contribution in [0.3, 0.4) is 0 Å². The van der Waals surface area contributed by atoms with E-state index in [4.69, 9.17) is 9.72 Å². The van der Waals surface area contributed by atoms with Crippen molar-refractivity contribution in [3.63, 3.8) is 0 Å². The molecular weight excluding hydrogens is 404 g/mol. The van der Waals surface area contributed by atoms with Gasteiger partial charge in [-0.3, -0.25) is 4.79 Å². The fourth-order valence-corrected chi connectivity index (χ4v) is 4.53. The van der Waals surface area contributed by atoms with Gasteiger partial charge in [0, 0.05) is 28.5 Å². The highest BCUT2D eigenvalue weighted by atomic mass is 16.6. The number of rotatable bonds is 3. The lowest BCUT2D eigenvalue weighted by Crippen LogP contribution is -2.44. The van der Waals surface area contributed by atoms with E-state index in [0.717, 1.165) is 41.3 Å². The van der Waals surface area contributed by atoms with Crippen molar-refractivity contribution in [1.29, 1.82) is 0 Å². The second kappa shape index (κ2) is 7.61. The van der Waals surface area contributed by atoms with Gasteiger partial charge >= 0.3 is 5.97 Å². The number of esters is 1. The van der Waals surface area contributed by atoms with E-state index >= 15 is 0 Å². The maximum Gasteiger partial charge on any atom is 0.343 e. The van der Waals surface area contributed by atoms with Gasteiger partial charge in [0.15, 0.2) is 5.60 Å². The predicted molar refractivity (Wildman–Crippen MR) is 121 cm³/mol. The third-order valence-electron chi connectivity index (χ3n) is 6.43. The standard InChI is InChI=1S/C26H24N2O4/c1-3-5-6-7-9-16-10-8-11-21-18(16)12-17-14-28-22(23(17)27-21)13-20-19(24(28)29)15-32-25(30)26(20,31)4-2/h8,10-13,31H,3-6,14-15H2,1-2H3/t26-/m0/s1. The Kier molecular flexibility index (Phi) is 4.87. The van der Waals surface area contributed by atoms with Gasteiger partial charge in [0.25, 0.3) is 5.56 Å². The van der Waals surface area contributed by atoms with Gasteiger partial charge in [-0.25, -0.2) is 9.78 Å². The van der Waals surface area contributed by atoms with Crippen molar-refractivity contribution in [2.24, 2.45) is 0 Å². The van der Waals surface area contributed by atoms with E-state index in [-0.39, 0.29) is 18.6 Å². The van der Waals surface area contributed by atoms with Crippen LogP contribution in [-0.4, -0.2) is 20.6 Å². The van der Waals surface area contributed by atoms with Crippen molar-refractivity contribution < 1.29 is 14.6 Å². The molecule has 0 bridgehead atoms. The van der Waals surface area contributed by atoms with E-state index in [1.807, 2.05) is 18.2 Å². The Labute approximate surface area is 185 Å². The molecule has 2 aliphatic heterocycles. The van der Waals surface area contributed by atoms with Crippen molar-refractivity contribution in [2.45, 2.75) is 58.3 Å². The lowest BCUT2D eigenvalue weighted by atomic mass is 9.86. The molecule has 1 aromatic carbocycles. The van der Waals surface area contributed by atoms with Gasteiger partial charge in [-0.2, -0.15) is 0 Å². The number of nitrogens with zero attached hydrogens (tertiary/aromatic N) is 2. The minimum absolute atomic E-state index is 0.125. The number of carbonyl (C=O) groups is 1. The Morgan fingerprint density at radius 3 is 2.88 bits per heavy atom. The van der Waals surface area contributed by atoms with Crippen molar-refractivity contribution in [3.05, 3.63) is 62.9 Å². The number of benzene rings is 1. The van der Waals surface area contributed by atoms with Crippen LogP contribution < -0.4 is 5.56 Å². The molecule has 1 atom stereocenters. The molecular formula is C26H24N2O4. The van der Waals surface area contributed by atoms with Gasteiger partial charge in [0.1, 0.15) is 6.61 Å². The van der Waals surface area contributed by atoms with Gasteiger partial charge in [-0.15, -0.1) is 0 Å². The Balaban J connectivity index is 1.67. The number of fused-ring (bicyclic) bond motifs is 5. The smallest absolute Gasteiger partial charge is 0.343 e. The summed E-state index contributed by atoms with van der Waals surface area (Å²) in [5.74, 6) is 5.79. The van der Waals surface area contributed by atoms with E-state index in [1.165, 1.54) is 0 Å². The van der Waals surface area contributed by atoms with Crippen LogP contribution in [-0.2, 0) is 28.3 Å². The summed E-state index contributed by atoms with van der Waals surface area (Å²) in [7, 11) is 0. The molecule has 4 heterocycles. The van der Waals surface area contributed by atoms with Crippen molar-refractivity contribution in [1.82, 2.24) is 9.55 Å². The summed E-state index contributed by atoms with van der Waals surface area (Å²) in [5, 5.41) is 11.9. The molecule has 6 heteroatoms. The summed E-state index contributed by atoms with van der Waals surface area (Å²) in [4.78, 5) is 30.4. The zero-order valence-corrected chi connectivity index (χ0v) is 18.2. The molecule has 6 nitrogen and oxygen atoms in total. The SMILES string of the molecule is CCCCC#Cc1cccc2nc3c(cc12)Cn1c-3cc2c(c1=O)COC(=O)[C@]2(O)CC. The fourth-order valence-electron chi connectivity index (χ4n) is 4.53. The number of ether oxygens (including phenoxy) is 1. The topological polar surface area (TPSA) is 81.4 Å². The van der Waals surface area contributed by atoms with Crippen molar-refractivity contribution in [3.8, 4) is 23.2 Å². The van der Waals surface area contributed by atoms with Crippen LogP contribution in [0.1, 0.15) is 61.8 Å². The Bertz CT molecular complexity index is 1390. The van der Waals surface area contributed by atoms with E-state index in [1.54, 1.807) is 17.6 Å². The van der Waals surface area contributed by atoms with Crippen LogP contribution in [0.15, 0.2) is 35.1 Å². The van der Waals surface area contributed by atoms with Gasteiger partial charge in [0.05, 0.1) is 29.0 Å². The zero-order chi connectivity index (χ0) is 22.5. The highest BCUT2D eigenvalue weighted by molar-refractivity contribution is 5.89. The molecule has 0 unspecified atom stereocenters. The molecule has 0 radical (unpaired) electrons. The largest absolute Gasteiger partial charge is 0.458 e. The number of aliphatic hydroxyl groups is 1. The average molecular weight is 428 g/mol. The van der Waals surface area contributed by atoms with Crippen LogP contribution in [0.25, 0.3) is 22.3 Å². The molecule has 32 heavy (non-hydrogen) atoms. The summed E-state index contributed by atoms with van der Waals surface area (Å²) in [6.07, 6.45) is 3.17. The second-order valence-corrected chi connectivity index (χ2v) is 8.38. The molecule has 3 aromatic rings. The number of carbonyl (C=O) groups excluding carboxylic acids is 1. The molecule has 0 fully saturated rings. The summed E-state index contributed by atoms with van der Waals surface area (Å²) in [5.41, 5.74) is 2.56. The van der Waals surface area contributed by atoms with Crippen LogP contribution >= 0.6 is 0 Å². The molecule has 162 valence electrons. The first-order valence-electron chi connectivity index (χ1n) is 11.1. The monoisotopic (exact) mass is 428 g/mol. The number of hydrogen-bond acceptors (Lipinski definition) is 5. The number of unbranched alkanes of at least 4 members (excludes halogenated alkanes) is 2. The molecule has 0 saturated carbocycles. The number of hydrogen-bond donors (Lipinski definition) is 1. The molecule has 2 aromatic heterocycles. The minimum Gasteiger partial charge on any atom is -0.458 e. The molecule has 1 N–H and O–H groups in total. The normalized spacial score (nSPS) is 18.4.